The molecule has 0 atom stereocenters. The molecule has 2 rings (SSSR count). The predicted molar refractivity (Wildman–Crippen MR) is 73.9 cm³/mol. The third-order valence-corrected chi connectivity index (χ3v) is 2.62. The molecular formula is C14H17N3O2. The van der Waals surface area contributed by atoms with Gasteiger partial charge in [-0.1, -0.05) is 0 Å². The van der Waals surface area contributed by atoms with Crippen LogP contribution in [0.2, 0.25) is 0 Å². The van der Waals surface area contributed by atoms with Crippen LogP contribution in [0.1, 0.15) is 12.1 Å². The van der Waals surface area contributed by atoms with E-state index in [1.807, 2.05) is 42.6 Å². The molecule has 4 N–H and O–H groups in total. The van der Waals surface area contributed by atoms with Gasteiger partial charge in [0.05, 0.1) is 19.6 Å². The largest absolute Gasteiger partial charge is 0.493 e. The number of amides is 1. The van der Waals surface area contributed by atoms with Crippen molar-refractivity contribution in [2.45, 2.75) is 13.0 Å². The minimum atomic E-state index is -0.357. The maximum Gasteiger partial charge on any atom is 0.220 e. The van der Waals surface area contributed by atoms with Crippen molar-refractivity contribution in [2.24, 2.45) is 5.73 Å². The molecule has 19 heavy (non-hydrogen) atoms. The van der Waals surface area contributed by atoms with E-state index >= 15 is 0 Å². The number of ether oxygens (including phenoxy) is 1. The van der Waals surface area contributed by atoms with E-state index in [-0.39, 0.29) is 12.3 Å². The number of aromatic amines is 1. The first-order valence-corrected chi connectivity index (χ1v) is 6.11. The topological polar surface area (TPSA) is 80.1 Å². The lowest BCUT2D eigenvalue weighted by Gasteiger charge is -2.08. The van der Waals surface area contributed by atoms with Crippen molar-refractivity contribution in [2.75, 3.05) is 11.9 Å². The summed E-state index contributed by atoms with van der Waals surface area (Å²) in [7, 11) is 0. The lowest BCUT2D eigenvalue weighted by molar-refractivity contribution is -0.118. The molecule has 0 saturated heterocycles. The Morgan fingerprint density at radius 3 is 2.68 bits per heavy atom. The Labute approximate surface area is 111 Å². The van der Waals surface area contributed by atoms with Crippen molar-refractivity contribution in [3.05, 3.63) is 48.3 Å². The van der Waals surface area contributed by atoms with Crippen LogP contribution in [0, 0.1) is 0 Å². The summed E-state index contributed by atoms with van der Waals surface area (Å²) in [6.45, 7) is 1.06. The zero-order valence-electron chi connectivity index (χ0n) is 10.6. The first-order valence-electron chi connectivity index (χ1n) is 6.11. The molecule has 1 amide bonds. The van der Waals surface area contributed by atoms with Crippen LogP contribution in [-0.4, -0.2) is 17.5 Å². The first-order chi connectivity index (χ1) is 9.24. The van der Waals surface area contributed by atoms with Gasteiger partial charge in [0.25, 0.3) is 0 Å². The van der Waals surface area contributed by atoms with Crippen LogP contribution in [0.3, 0.4) is 0 Å². The summed E-state index contributed by atoms with van der Waals surface area (Å²) < 4.78 is 5.39. The van der Waals surface area contributed by atoms with Crippen molar-refractivity contribution in [1.29, 1.82) is 0 Å². The average molecular weight is 259 g/mol. The van der Waals surface area contributed by atoms with Gasteiger partial charge in [-0.3, -0.25) is 4.79 Å². The molecule has 5 nitrogen and oxygen atoms in total. The molecule has 1 aromatic heterocycles. The van der Waals surface area contributed by atoms with Gasteiger partial charge in [-0.2, -0.15) is 0 Å². The standard InChI is InChI=1S/C14H17N3O2/c15-14(18)7-9-19-13-5-3-11(4-6-13)17-10-12-2-1-8-16-12/h1-6,8,16-17H,7,9-10H2,(H2,15,18). The Kier molecular flexibility index (Phi) is 4.44. The fourth-order valence-corrected chi connectivity index (χ4v) is 1.61. The number of nitrogens with one attached hydrogen (secondary N) is 2. The molecule has 0 aliphatic carbocycles. The molecular weight excluding hydrogens is 242 g/mol. The first kappa shape index (κ1) is 13.0. The van der Waals surface area contributed by atoms with Gasteiger partial charge in [-0.05, 0) is 36.4 Å². The van der Waals surface area contributed by atoms with E-state index in [1.165, 1.54) is 0 Å². The van der Waals surface area contributed by atoms with Gasteiger partial charge < -0.3 is 20.8 Å². The van der Waals surface area contributed by atoms with Crippen LogP contribution in [0.25, 0.3) is 0 Å². The Hall–Kier alpha value is -2.43. The number of benzene rings is 1. The van der Waals surface area contributed by atoms with Crippen molar-refractivity contribution in [3.63, 3.8) is 0 Å². The van der Waals surface area contributed by atoms with Crippen LogP contribution in [0.4, 0.5) is 5.69 Å². The van der Waals surface area contributed by atoms with E-state index < -0.39 is 0 Å². The summed E-state index contributed by atoms with van der Waals surface area (Å²) in [5.41, 5.74) is 7.17. The van der Waals surface area contributed by atoms with Crippen LogP contribution in [0.15, 0.2) is 42.6 Å². The third kappa shape index (κ3) is 4.39. The Morgan fingerprint density at radius 1 is 1.26 bits per heavy atom. The molecule has 0 fully saturated rings. The lowest BCUT2D eigenvalue weighted by Crippen LogP contribution is -2.14. The Balaban J connectivity index is 1.79. The number of nitrogens with two attached hydrogens (primary N) is 1. The van der Waals surface area contributed by atoms with E-state index in [0.717, 1.165) is 23.7 Å². The molecule has 0 radical (unpaired) electrons. The zero-order valence-corrected chi connectivity index (χ0v) is 10.6. The Bertz CT molecular complexity index is 506. The quantitative estimate of drug-likeness (QED) is 0.710. The van der Waals surface area contributed by atoms with Gasteiger partial charge >= 0.3 is 0 Å². The number of anilines is 1. The molecule has 0 saturated carbocycles. The van der Waals surface area contributed by atoms with Crippen LogP contribution in [0.5, 0.6) is 5.75 Å². The fourth-order valence-electron chi connectivity index (χ4n) is 1.61. The van der Waals surface area contributed by atoms with Gasteiger partial charge in [0, 0.05) is 17.6 Å². The number of H-pyrrole nitrogens is 1. The van der Waals surface area contributed by atoms with Crippen LogP contribution in [-0.2, 0) is 11.3 Å². The average Bonchev–Trinajstić information content (AvgIpc) is 2.90. The monoisotopic (exact) mass is 259 g/mol. The van der Waals surface area contributed by atoms with Crippen LogP contribution < -0.4 is 15.8 Å². The minimum absolute atomic E-state index is 0.229. The zero-order chi connectivity index (χ0) is 13.5. The number of carbonyl (C=O) groups is 1. The number of primary amides is 1. The number of rotatable bonds is 7. The van der Waals surface area contributed by atoms with Crippen molar-refractivity contribution >= 4 is 11.6 Å². The van der Waals surface area contributed by atoms with E-state index in [4.69, 9.17) is 10.5 Å². The molecule has 0 spiro atoms. The van der Waals surface area contributed by atoms with E-state index in [1.54, 1.807) is 0 Å². The molecule has 0 aliphatic rings. The van der Waals surface area contributed by atoms with Gasteiger partial charge in [0.1, 0.15) is 5.75 Å². The highest BCUT2D eigenvalue weighted by Gasteiger charge is 1.98. The molecule has 100 valence electrons. The smallest absolute Gasteiger partial charge is 0.220 e. The molecule has 0 unspecified atom stereocenters. The highest BCUT2D eigenvalue weighted by molar-refractivity contribution is 5.73. The van der Waals surface area contributed by atoms with Gasteiger partial charge in [0.2, 0.25) is 5.91 Å². The second-order valence-corrected chi connectivity index (χ2v) is 4.14. The highest BCUT2D eigenvalue weighted by atomic mass is 16.5. The summed E-state index contributed by atoms with van der Waals surface area (Å²) >= 11 is 0. The summed E-state index contributed by atoms with van der Waals surface area (Å²) in [6.07, 6.45) is 2.12. The number of hydrogen-bond acceptors (Lipinski definition) is 3. The second-order valence-electron chi connectivity index (χ2n) is 4.14. The van der Waals surface area contributed by atoms with Crippen LogP contribution >= 0.6 is 0 Å². The van der Waals surface area contributed by atoms with Gasteiger partial charge in [0.15, 0.2) is 0 Å². The number of aromatic nitrogens is 1. The predicted octanol–water partition coefficient (Wildman–Crippen LogP) is 1.88. The summed E-state index contributed by atoms with van der Waals surface area (Å²) in [6, 6.07) is 11.6. The maximum absolute atomic E-state index is 10.6. The number of hydrogen-bond donors (Lipinski definition) is 3. The van der Waals surface area contributed by atoms with Crippen molar-refractivity contribution < 1.29 is 9.53 Å². The van der Waals surface area contributed by atoms with Crippen molar-refractivity contribution in [3.8, 4) is 5.75 Å². The number of carbonyl (C=O) groups excluding carboxylic acids is 1. The third-order valence-electron chi connectivity index (χ3n) is 2.62. The summed E-state index contributed by atoms with van der Waals surface area (Å²) in [5, 5.41) is 3.29. The van der Waals surface area contributed by atoms with E-state index in [2.05, 4.69) is 10.3 Å². The SMILES string of the molecule is NC(=O)CCOc1ccc(NCc2ccc[nH]2)cc1. The van der Waals surface area contributed by atoms with E-state index in [0.29, 0.717) is 6.61 Å². The van der Waals surface area contributed by atoms with Gasteiger partial charge in [-0.15, -0.1) is 0 Å². The molecule has 0 bridgehead atoms. The molecule has 1 aromatic carbocycles. The molecule has 2 aromatic rings. The van der Waals surface area contributed by atoms with Gasteiger partial charge in [-0.25, -0.2) is 0 Å². The van der Waals surface area contributed by atoms with Crippen molar-refractivity contribution in [1.82, 2.24) is 4.98 Å². The fraction of sp³-hybridized carbons (Fsp3) is 0.214. The highest BCUT2D eigenvalue weighted by Crippen LogP contribution is 2.16. The van der Waals surface area contributed by atoms with E-state index in [9.17, 15) is 4.79 Å². The minimum Gasteiger partial charge on any atom is -0.493 e. The molecule has 5 heteroatoms. The molecule has 1 heterocycles. The summed E-state index contributed by atoms with van der Waals surface area (Å²) in [4.78, 5) is 13.7. The maximum atomic E-state index is 10.6. The second kappa shape index (κ2) is 6.49. The Morgan fingerprint density at radius 2 is 2.05 bits per heavy atom. The lowest BCUT2D eigenvalue weighted by atomic mass is 10.3. The summed E-state index contributed by atoms with van der Waals surface area (Å²) in [5.74, 6) is 0.371. The normalized spacial score (nSPS) is 10.1. The molecule has 0 aliphatic heterocycles.